The van der Waals surface area contributed by atoms with Crippen molar-refractivity contribution >= 4 is 23.8 Å². The summed E-state index contributed by atoms with van der Waals surface area (Å²) in [6, 6.07) is 6.75. The monoisotopic (exact) mass is 518 g/mol. The smallest absolute Gasteiger partial charge is 0.408 e. The van der Waals surface area contributed by atoms with Crippen molar-refractivity contribution in [2.24, 2.45) is 17.3 Å². The number of hydrogen-bond acceptors (Lipinski definition) is 6. The molecule has 0 aromatic heterocycles. The summed E-state index contributed by atoms with van der Waals surface area (Å²) in [6.45, 7) is 9.74. The van der Waals surface area contributed by atoms with Gasteiger partial charge in [-0.25, -0.2) is 4.79 Å². The van der Waals surface area contributed by atoms with Crippen molar-refractivity contribution in [1.29, 1.82) is 0 Å². The molecular weight excluding hydrogens is 476 g/mol. The van der Waals surface area contributed by atoms with E-state index in [1.807, 2.05) is 51.1 Å². The molecule has 0 aliphatic carbocycles. The molecule has 1 heterocycles. The molecule has 4 amide bonds. The van der Waals surface area contributed by atoms with Gasteiger partial charge in [-0.3, -0.25) is 14.4 Å². The van der Waals surface area contributed by atoms with Crippen molar-refractivity contribution in [2.75, 3.05) is 13.2 Å². The maximum Gasteiger partial charge on any atom is 0.408 e. The van der Waals surface area contributed by atoms with Gasteiger partial charge in [-0.05, 0) is 36.2 Å². The van der Waals surface area contributed by atoms with Gasteiger partial charge in [0.25, 0.3) is 0 Å². The lowest BCUT2D eigenvalue weighted by Crippen LogP contribution is -2.57. The third kappa shape index (κ3) is 10.4. The van der Waals surface area contributed by atoms with Gasteiger partial charge in [-0.2, -0.15) is 0 Å². The van der Waals surface area contributed by atoms with Crippen LogP contribution in [0.15, 0.2) is 30.3 Å². The van der Waals surface area contributed by atoms with E-state index in [4.69, 9.17) is 4.74 Å². The maximum absolute atomic E-state index is 13.2. The van der Waals surface area contributed by atoms with Crippen LogP contribution in [0, 0.1) is 17.3 Å². The number of hydrogen-bond donors (Lipinski definition) is 5. The zero-order chi connectivity index (χ0) is 27.6. The minimum atomic E-state index is -0.922. The van der Waals surface area contributed by atoms with E-state index in [1.54, 1.807) is 13.8 Å². The van der Waals surface area contributed by atoms with Gasteiger partial charge >= 0.3 is 6.09 Å². The number of aliphatic hydroxyl groups is 1. The molecule has 0 bridgehead atoms. The highest BCUT2D eigenvalue weighted by atomic mass is 16.5. The largest absolute Gasteiger partial charge is 0.445 e. The Morgan fingerprint density at radius 3 is 2.30 bits per heavy atom. The summed E-state index contributed by atoms with van der Waals surface area (Å²) in [6.07, 6.45) is 0.559. The normalized spacial score (nSPS) is 17.9. The Morgan fingerprint density at radius 1 is 1.08 bits per heavy atom. The summed E-state index contributed by atoms with van der Waals surface area (Å²) in [5.74, 6) is -1.59. The molecular formula is C27H42N4O6. The third-order valence-electron chi connectivity index (χ3n) is 6.18. The van der Waals surface area contributed by atoms with Gasteiger partial charge in [0.2, 0.25) is 17.7 Å². The summed E-state index contributed by atoms with van der Waals surface area (Å²) < 4.78 is 5.26. The van der Waals surface area contributed by atoms with E-state index in [1.165, 1.54) is 0 Å². The van der Waals surface area contributed by atoms with Crippen LogP contribution in [0.2, 0.25) is 0 Å². The van der Waals surface area contributed by atoms with Crippen LogP contribution < -0.4 is 21.3 Å². The average Bonchev–Trinajstić information content (AvgIpc) is 3.23. The van der Waals surface area contributed by atoms with Crippen molar-refractivity contribution in [3.8, 4) is 0 Å². The molecule has 1 aromatic rings. The minimum absolute atomic E-state index is 0.0652. The highest BCUT2D eigenvalue weighted by Gasteiger charge is 2.33. The number of ether oxygens (including phenoxy) is 1. The molecule has 10 nitrogen and oxygen atoms in total. The zero-order valence-corrected chi connectivity index (χ0v) is 22.5. The first-order valence-corrected chi connectivity index (χ1v) is 12.9. The van der Waals surface area contributed by atoms with Crippen LogP contribution in [-0.2, 0) is 25.7 Å². The fourth-order valence-electron chi connectivity index (χ4n) is 4.20. The van der Waals surface area contributed by atoms with Crippen LogP contribution in [0.25, 0.3) is 0 Å². The third-order valence-corrected chi connectivity index (χ3v) is 6.18. The van der Waals surface area contributed by atoms with Crippen LogP contribution in [-0.4, -0.2) is 60.2 Å². The van der Waals surface area contributed by atoms with Gasteiger partial charge in [0.1, 0.15) is 18.7 Å². The molecule has 1 aliphatic heterocycles. The SMILES string of the molecule is CC(C)[C@H](NC(=O)OCc1ccccc1)C(=O)N[C@@H](CC(C)(C)C)C(=O)N[C@H](CO)C[C@@H]1CCNC1=O. The van der Waals surface area contributed by atoms with Crippen molar-refractivity contribution in [2.45, 2.75) is 78.6 Å². The van der Waals surface area contributed by atoms with Crippen molar-refractivity contribution in [3.63, 3.8) is 0 Å². The lowest BCUT2D eigenvalue weighted by Gasteiger charge is -2.30. The molecule has 0 radical (unpaired) electrons. The first-order valence-electron chi connectivity index (χ1n) is 12.9. The summed E-state index contributed by atoms with van der Waals surface area (Å²) in [5.41, 5.74) is 0.517. The molecule has 0 unspecified atom stereocenters. The van der Waals surface area contributed by atoms with Crippen LogP contribution in [0.4, 0.5) is 4.79 Å². The van der Waals surface area contributed by atoms with E-state index < -0.39 is 36.0 Å². The van der Waals surface area contributed by atoms with E-state index in [2.05, 4.69) is 21.3 Å². The first-order chi connectivity index (χ1) is 17.4. The molecule has 2 rings (SSSR count). The predicted octanol–water partition coefficient (Wildman–Crippen LogP) is 1.86. The number of carbonyl (C=O) groups excluding carboxylic acids is 4. The second-order valence-electron chi connectivity index (χ2n) is 11.2. The Morgan fingerprint density at radius 2 is 1.76 bits per heavy atom. The zero-order valence-electron chi connectivity index (χ0n) is 22.5. The first kappa shape index (κ1) is 30.1. The molecule has 0 saturated carbocycles. The summed E-state index contributed by atoms with van der Waals surface area (Å²) in [7, 11) is 0. The molecule has 37 heavy (non-hydrogen) atoms. The number of rotatable bonds is 12. The Bertz CT molecular complexity index is 915. The highest BCUT2D eigenvalue weighted by molar-refractivity contribution is 5.91. The van der Waals surface area contributed by atoms with Gasteiger partial charge in [-0.1, -0.05) is 65.0 Å². The van der Waals surface area contributed by atoms with Gasteiger partial charge in [0.15, 0.2) is 0 Å². The van der Waals surface area contributed by atoms with E-state index in [-0.39, 0.29) is 36.4 Å². The van der Waals surface area contributed by atoms with E-state index in [9.17, 15) is 24.3 Å². The Labute approximate surface area is 219 Å². The second kappa shape index (κ2) is 14.0. The number of alkyl carbamates (subject to hydrolysis) is 1. The molecule has 10 heteroatoms. The summed E-state index contributed by atoms with van der Waals surface area (Å²) in [4.78, 5) is 50.7. The van der Waals surface area contributed by atoms with Gasteiger partial charge in [0.05, 0.1) is 12.6 Å². The number of nitrogens with one attached hydrogen (secondary N) is 4. The van der Waals surface area contributed by atoms with Crippen LogP contribution >= 0.6 is 0 Å². The lowest BCUT2D eigenvalue weighted by molar-refractivity contribution is -0.132. The number of amides is 4. The van der Waals surface area contributed by atoms with Gasteiger partial charge < -0.3 is 31.1 Å². The molecule has 1 aromatic carbocycles. The standard InChI is InChI=1S/C27H42N4O6/c1-17(2)22(31-26(36)37-16-18-9-7-6-8-10-18)25(35)30-21(14-27(3,4)5)24(34)29-20(15-32)13-19-11-12-28-23(19)33/h6-10,17,19-22,32H,11-16H2,1-5H3,(H,28,33)(H,29,34)(H,30,35)(H,31,36)/t19-,20-,21-,22-/m0/s1. The molecule has 0 spiro atoms. The van der Waals surface area contributed by atoms with Crippen molar-refractivity contribution < 1.29 is 29.0 Å². The number of carbonyl (C=O) groups is 4. The Balaban J connectivity index is 2.03. The highest BCUT2D eigenvalue weighted by Crippen LogP contribution is 2.22. The fraction of sp³-hybridized carbons (Fsp3) is 0.630. The Kier molecular flexibility index (Phi) is 11.4. The van der Waals surface area contributed by atoms with Crippen LogP contribution in [0.1, 0.15) is 59.4 Å². The maximum atomic E-state index is 13.2. The van der Waals surface area contributed by atoms with Crippen molar-refractivity contribution in [3.05, 3.63) is 35.9 Å². The minimum Gasteiger partial charge on any atom is -0.445 e. The molecule has 1 fully saturated rings. The van der Waals surface area contributed by atoms with Gasteiger partial charge in [0, 0.05) is 12.5 Å². The average molecular weight is 519 g/mol. The molecule has 1 aliphatic rings. The van der Waals surface area contributed by atoms with E-state index in [0.717, 1.165) is 5.56 Å². The van der Waals surface area contributed by atoms with E-state index in [0.29, 0.717) is 25.8 Å². The Hall–Kier alpha value is -3.14. The summed E-state index contributed by atoms with van der Waals surface area (Å²) >= 11 is 0. The molecule has 4 atom stereocenters. The molecule has 5 N–H and O–H groups in total. The lowest BCUT2D eigenvalue weighted by atomic mass is 9.87. The molecule has 206 valence electrons. The number of benzene rings is 1. The van der Waals surface area contributed by atoms with Gasteiger partial charge in [-0.15, -0.1) is 0 Å². The number of aliphatic hydroxyl groups excluding tert-OH is 1. The topological polar surface area (TPSA) is 146 Å². The summed E-state index contributed by atoms with van der Waals surface area (Å²) in [5, 5.41) is 20.8. The van der Waals surface area contributed by atoms with Crippen LogP contribution in [0.5, 0.6) is 0 Å². The fourth-order valence-corrected chi connectivity index (χ4v) is 4.20. The second-order valence-corrected chi connectivity index (χ2v) is 11.2. The van der Waals surface area contributed by atoms with Crippen LogP contribution in [0.3, 0.4) is 0 Å². The molecule has 1 saturated heterocycles. The van der Waals surface area contributed by atoms with E-state index >= 15 is 0 Å². The van der Waals surface area contributed by atoms with Crippen molar-refractivity contribution in [1.82, 2.24) is 21.3 Å². The predicted molar refractivity (Wildman–Crippen MR) is 139 cm³/mol. The quantitative estimate of drug-likeness (QED) is 0.286.